The molecule has 5 aromatic heterocycles. The lowest BCUT2D eigenvalue weighted by Crippen LogP contribution is -2.29. The summed E-state index contributed by atoms with van der Waals surface area (Å²) in [6.45, 7) is 3.25. The maximum Gasteiger partial charge on any atom is 0.159 e. The fourth-order valence-electron chi connectivity index (χ4n) is 4.57. The Morgan fingerprint density at radius 1 is 0.879 bits per heavy atom. The third-order valence-electron chi connectivity index (χ3n) is 6.19. The van der Waals surface area contributed by atoms with Crippen molar-refractivity contribution in [2.24, 2.45) is 0 Å². The molecule has 0 saturated carbocycles. The molecule has 1 aliphatic heterocycles. The first-order valence-electron chi connectivity index (χ1n) is 11.3. The summed E-state index contributed by atoms with van der Waals surface area (Å²) < 4.78 is 0. The Balaban J connectivity index is 1.36. The maximum absolute atomic E-state index is 4.90. The molecule has 5 aromatic rings. The van der Waals surface area contributed by atoms with Gasteiger partial charge in [-0.2, -0.15) is 5.10 Å². The Morgan fingerprint density at radius 2 is 1.76 bits per heavy atom. The van der Waals surface area contributed by atoms with Crippen molar-refractivity contribution < 1.29 is 0 Å². The number of aromatic nitrogens is 7. The first-order chi connectivity index (χ1) is 16.3. The molecule has 1 aliphatic rings. The van der Waals surface area contributed by atoms with Crippen LogP contribution in [0.4, 0.5) is 0 Å². The van der Waals surface area contributed by atoms with Crippen molar-refractivity contribution in [3.05, 3.63) is 67.1 Å². The van der Waals surface area contributed by atoms with E-state index in [0.717, 1.165) is 58.6 Å². The number of imidazole rings is 1. The molecule has 0 unspecified atom stereocenters. The Kier molecular flexibility index (Phi) is 5.12. The number of H-pyrrole nitrogens is 2. The van der Waals surface area contributed by atoms with Gasteiger partial charge < -0.3 is 4.98 Å². The molecule has 0 amide bonds. The molecule has 8 nitrogen and oxygen atoms in total. The Morgan fingerprint density at radius 3 is 2.64 bits per heavy atom. The fraction of sp³-hybridized carbons (Fsp3) is 0.240. The second-order valence-electron chi connectivity index (χ2n) is 8.48. The first kappa shape index (κ1) is 19.8. The number of nitrogens with zero attached hydrogens (tertiary/aromatic N) is 6. The van der Waals surface area contributed by atoms with Crippen LogP contribution in [0.15, 0.2) is 61.6 Å². The van der Waals surface area contributed by atoms with Gasteiger partial charge in [0.25, 0.3) is 0 Å². The van der Waals surface area contributed by atoms with Crippen LogP contribution in [0, 0.1) is 0 Å². The van der Waals surface area contributed by atoms with E-state index in [1.165, 1.54) is 24.8 Å². The minimum absolute atomic E-state index is 0.695. The molecule has 164 valence electrons. The van der Waals surface area contributed by atoms with Gasteiger partial charge in [-0.05, 0) is 43.6 Å². The minimum atomic E-state index is 0.695. The highest BCUT2D eigenvalue weighted by atomic mass is 15.1. The molecular weight excluding hydrogens is 412 g/mol. The molecule has 8 heteroatoms. The summed E-state index contributed by atoms with van der Waals surface area (Å²) in [6, 6.07) is 6.13. The van der Waals surface area contributed by atoms with Gasteiger partial charge in [-0.25, -0.2) is 4.98 Å². The zero-order valence-electron chi connectivity index (χ0n) is 18.2. The summed E-state index contributed by atoms with van der Waals surface area (Å²) in [5, 5.41) is 7.53. The van der Waals surface area contributed by atoms with E-state index in [4.69, 9.17) is 4.98 Å². The molecule has 1 saturated heterocycles. The molecule has 0 bridgehead atoms. The van der Waals surface area contributed by atoms with Crippen molar-refractivity contribution in [1.82, 2.24) is 40.0 Å². The van der Waals surface area contributed by atoms with E-state index >= 15 is 0 Å². The first-order valence-corrected chi connectivity index (χ1v) is 11.3. The summed E-state index contributed by atoms with van der Waals surface area (Å²) in [7, 11) is 0. The van der Waals surface area contributed by atoms with E-state index in [-0.39, 0.29) is 0 Å². The van der Waals surface area contributed by atoms with Gasteiger partial charge in [0.2, 0.25) is 0 Å². The highest BCUT2D eigenvalue weighted by Gasteiger charge is 2.18. The number of piperidine rings is 1. The van der Waals surface area contributed by atoms with E-state index in [1.807, 2.05) is 43.1 Å². The second-order valence-corrected chi connectivity index (χ2v) is 8.48. The van der Waals surface area contributed by atoms with Crippen LogP contribution in [0.5, 0.6) is 0 Å². The third kappa shape index (κ3) is 3.89. The number of nitrogens with one attached hydrogen (secondary N) is 2. The molecule has 0 aliphatic carbocycles. The summed E-state index contributed by atoms with van der Waals surface area (Å²) in [6.07, 6.45) is 16.8. The predicted molar refractivity (Wildman–Crippen MR) is 127 cm³/mol. The average Bonchev–Trinajstić information content (AvgIpc) is 3.52. The summed E-state index contributed by atoms with van der Waals surface area (Å²) in [4.78, 5) is 23.9. The van der Waals surface area contributed by atoms with Gasteiger partial charge in [-0.3, -0.25) is 25.0 Å². The number of pyridine rings is 3. The number of aromatic amines is 2. The molecular formula is C25H24N8. The number of likely N-dealkylation sites (tertiary alicyclic amines) is 1. The second kappa shape index (κ2) is 8.55. The number of hydrogen-bond donors (Lipinski definition) is 2. The lowest BCUT2D eigenvalue weighted by Gasteiger charge is -2.26. The lowest BCUT2D eigenvalue weighted by molar-refractivity contribution is 0.220. The van der Waals surface area contributed by atoms with Gasteiger partial charge >= 0.3 is 0 Å². The van der Waals surface area contributed by atoms with Crippen LogP contribution in [0.2, 0.25) is 0 Å². The van der Waals surface area contributed by atoms with Crippen LogP contribution in [0.1, 0.15) is 24.8 Å². The van der Waals surface area contributed by atoms with Crippen LogP contribution in [0.25, 0.3) is 44.8 Å². The zero-order chi connectivity index (χ0) is 22.0. The van der Waals surface area contributed by atoms with E-state index in [0.29, 0.717) is 5.82 Å². The largest absolute Gasteiger partial charge is 0.335 e. The maximum atomic E-state index is 4.90. The topological polar surface area (TPSA) is 99.3 Å². The lowest BCUT2D eigenvalue weighted by atomic mass is 10.1. The number of hydrogen-bond acceptors (Lipinski definition) is 6. The molecule has 33 heavy (non-hydrogen) atoms. The van der Waals surface area contributed by atoms with Gasteiger partial charge in [0, 0.05) is 66.0 Å². The Labute approximate surface area is 191 Å². The van der Waals surface area contributed by atoms with Crippen molar-refractivity contribution in [3.63, 3.8) is 0 Å². The normalized spacial score (nSPS) is 14.7. The Bertz CT molecular complexity index is 1380. The van der Waals surface area contributed by atoms with Gasteiger partial charge in [0.1, 0.15) is 11.2 Å². The quantitative estimate of drug-likeness (QED) is 0.422. The van der Waals surface area contributed by atoms with E-state index in [9.17, 15) is 0 Å². The van der Waals surface area contributed by atoms with E-state index < -0.39 is 0 Å². The van der Waals surface area contributed by atoms with Crippen LogP contribution in [0.3, 0.4) is 0 Å². The molecule has 6 rings (SSSR count). The molecule has 6 heterocycles. The summed E-state index contributed by atoms with van der Waals surface area (Å²) >= 11 is 0. The molecule has 2 N–H and O–H groups in total. The van der Waals surface area contributed by atoms with Crippen molar-refractivity contribution in [1.29, 1.82) is 0 Å². The molecule has 0 radical (unpaired) electrons. The standard InChI is InChI=1S/C25H24N8/c1-2-7-33(8-3-1)16-17-9-19(12-27-10-17)21-14-29-32-24(21)25-30-22-15-28-13-20(23(22)31-25)18-5-4-6-26-11-18/h4-6,9-15H,1-3,7-8,16H2,(H,29,32)(H,30,31). The smallest absolute Gasteiger partial charge is 0.159 e. The van der Waals surface area contributed by atoms with Crippen LogP contribution in [-0.2, 0) is 6.54 Å². The monoisotopic (exact) mass is 436 g/mol. The average molecular weight is 437 g/mol. The third-order valence-corrected chi connectivity index (χ3v) is 6.19. The van der Waals surface area contributed by atoms with Gasteiger partial charge in [-0.15, -0.1) is 0 Å². The minimum Gasteiger partial charge on any atom is -0.335 e. The van der Waals surface area contributed by atoms with Crippen LogP contribution < -0.4 is 0 Å². The van der Waals surface area contributed by atoms with Crippen molar-refractivity contribution in [3.8, 4) is 33.8 Å². The molecule has 0 spiro atoms. The van der Waals surface area contributed by atoms with Crippen LogP contribution in [-0.4, -0.2) is 53.1 Å². The fourth-order valence-corrected chi connectivity index (χ4v) is 4.57. The molecule has 0 aromatic carbocycles. The van der Waals surface area contributed by atoms with Crippen LogP contribution >= 0.6 is 0 Å². The predicted octanol–water partition coefficient (Wildman–Crippen LogP) is 4.46. The summed E-state index contributed by atoms with van der Waals surface area (Å²) in [5.41, 5.74) is 7.60. The molecule has 0 atom stereocenters. The van der Waals surface area contributed by atoms with Gasteiger partial charge in [-0.1, -0.05) is 12.5 Å². The molecule has 1 fully saturated rings. The number of fused-ring (bicyclic) bond motifs is 1. The number of rotatable bonds is 5. The van der Waals surface area contributed by atoms with E-state index in [2.05, 4.69) is 41.1 Å². The van der Waals surface area contributed by atoms with Crippen molar-refractivity contribution >= 4 is 11.0 Å². The highest BCUT2D eigenvalue weighted by Crippen LogP contribution is 2.32. The SMILES string of the molecule is c1cncc(-c2cncc3[nH]c(-c4n[nH]cc4-c4cncc(CN5CCCCC5)c4)nc23)c1. The van der Waals surface area contributed by atoms with Crippen molar-refractivity contribution in [2.75, 3.05) is 13.1 Å². The summed E-state index contributed by atoms with van der Waals surface area (Å²) in [5.74, 6) is 0.695. The van der Waals surface area contributed by atoms with Crippen molar-refractivity contribution in [2.45, 2.75) is 25.8 Å². The van der Waals surface area contributed by atoms with Gasteiger partial charge in [0.15, 0.2) is 5.82 Å². The van der Waals surface area contributed by atoms with Gasteiger partial charge in [0.05, 0.1) is 11.7 Å². The Hall–Kier alpha value is -3.91. The highest BCUT2D eigenvalue weighted by molar-refractivity contribution is 5.93. The van der Waals surface area contributed by atoms with E-state index in [1.54, 1.807) is 12.4 Å². The zero-order valence-corrected chi connectivity index (χ0v) is 18.2.